The Hall–Kier alpha value is -0.740. The lowest BCUT2D eigenvalue weighted by Crippen LogP contribution is -2.30. The molecule has 0 radical (unpaired) electrons. The highest BCUT2D eigenvalue weighted by Gasteiger charge is 2.38. The Morgan fingerprint density at radius 3 is 2.36 bits per heavy atom. The minimum absolute atomic E-state index is 0.232. The van der Waals surface area contributed by atoms with Crippen molar-refractivity contribution in [2.75, 3.05) is 0 Å². The lowest BCUT2D eigenvalue weighted by molar-refractivity contribution is -0.203. The molecule has 1 rings (SSSR count). The molecule has 0 bridgehead atoms. The van der Waals surface area contributed by atoms with Crippen molar-refractivity contribution in [1.29, 1.82) is 0 Å². The predicted molar refractivity (Wildman–Crippen MR) is 47.2 cm³/mol. The van der Waals surface area contributed by atoms with E-state index in [4.69, 9.17) is 16.7 Å². The summed E-state index contributed by atoms with van der Waals surface area (Å²) >= 11 is 5.64. The molecule has 0 saturated carbocycles. The predicted octanol–water partition coefficient (Wildman–Crippen LogP) is 2.81. The molecule has 0 saturated heterocycles. The maximum absolute atomic E-state index is 12.0. The van der Waals surface area contributed by atoms with Gasteiger partial charge in [-0.05, 0) is 11.6 Å². The van der Waals surface area contributed by atoms with Crippen LogP contribution in [0, 0.1) is 0 Å². The third-order valence-corrected chi connectivity index (χ3v) is 2.12. The van der Waals surface area contributed by atoms with Crippen LogP contribution in [-0.2, 0) is 6.42 Å². The van der Waals surface area contributed by atoms with E-state index in [9.17, 15) is 13.2 Å². The maximum Gasteiger partial charge on any atom is 0.414 e. The summed E-state index contributed by atoms with van der Waals surface area (Å²) in [6.07, 6.45) is -7.47. The van der Waals surface area contributed by atoms with Crippen molar-refractivity contribution in [2.24, 2.45) is 0 Å². The minimum Gasteiger partial charge on any atom is -0.383 e. The van der Waals surface area contributed by atoms with Crippen molar-refractivity contribution in [3.63, 3.8) is 0 Å². The Morgan fingerprint density at radius 2 is 1.86 bits per heavy atom. The van der Waals surface area contributed by atoms with E-state index < -0.39 is 18.7 Å². The Bertz CT molecular complexity index is 311. The molecule has 1 atom stereocenters. The average molecular weight is 225 g/mol. The van der Waals surface area contributed by atoms with Crippen molar-refractivity contribution in [2.45, 2.75) is 18.7 Å². The Kier molecular flexibility index (Phi) is 3.39. The molecule has 14 heavy (non-hydrogen) atoms. The zero-order valence-corrected chi connectivity index (χ0v) is 7.81. The van der Waals surface area contributed by atoms with Crippen LogP contribution in [0.5, 0.6) is 0 Å². The summed E-state index contributed by atoms with van der Waals surface area (Å²) in [6, 6.07) is 6.13. The molecule has 1 nitrogen and oxygen atoms in total. The van der Waals surface area contributed by atoms with Gasteiger partial charge in [-0.25, -0.2) is 0 Å². The number of hydrogen-bond acceptors (Lipinski definition) is 1. The molecule has 0 fully saturated rings. The first-order chi connectivity index (χ1) is 6.41. The molecule has 0 aliphatic carbocycles. The van der Waals surface area contributed by atoms with Crippen LogP contribution in [0.15, 0.2) is 24.3 Å². The third kappa shape index (κ3) is 2.89. The van der Waals surface area contributed by atoms with Crippen LogP contribution in [0.3, 0.4) is 0 Å². The summed E-state index contributed by atoms with van der Waals surface area (Å²) in [6.45, 7) is 0. The summed E-state index contributed by atoms with van der Waals surface area (Å²) in [5, 5.41) is 9.01. The summed E-state index contributed by atoms with van der Waals surface area (Å²) in [5.41, 5.74) is 0.291. The number of rotatable bonds is 2. The standard InChI is InChI=1S/C9H8ClF3O/c10-7-4-2-1-3-6(7)5-8(14)9(11,12)13/h1-4,8,14H,5H2/t8-/m0/s1. The van der Waals surface area contributed by atoms with Crippen molar-refractivity contribution < 1.29 is 18.3 Å². The highest BCUT2D eigenvalue weighted by Crippen LogP contribution is 2.25. The monoisotopic (exact) mass is 224 g/mol. The summed E-state index contributed by atoms with van der Waals surface area (Å²) in [5.74, 6) is 0. The fraction of sp³-hybridized carbons (Fsp3) is 0.333. The van der Waals surface area contributed by atoms with Crippen molar-refractivity contribution in [1.82, 2.24) is 0 Å². The van der Waals surface area contributed by atoms with Crippen LogP contribution in [0.1, 0.15) is 5.56 Å². The summed E-state index contributed by atoms with van der Waals surface area (Å²) < 4.78 is 35.9. The fourth-order valence-corrected chi connectivity index (χ4v) is 1.20. The van der Waals surface area contributed by atoms with Gasteiger partial charge < -0.3 is 5.11 Å². The summed E-state index contributed by atoms with van der Waals surface area (Å²) in [4.78, 5) is 0. The van der Waals surface area contributed by atoms with Crippen molar-refractivity contribution in [3.05, 3.63) is 34.9 Å². The normalized spacial score (nSPS) is 14.1. The molecule has 1 N–H and O–H groups in total. The number of hydrogen-bond donors (Lipinski definition) is 1. The molecule has 5 heteroatoms. The smallest absolute Gasteiger partial charge is 0.383 e. The highest BCUT2D eigenvalue weighted by molar-refractivity contribution is 6.31. The van der Waals surface area contributed by atoms with E-state index in [1.165, 1.54) is 12.1 Å². The molecule has 0 heterocycles. The van der Waals surface area contributed by atoms with E-state index in [2.05, 4.69) is 0 Å². The van der Waals surface area contributed by atoms with Crippen LogP contribution in [0.4, 0.5) is 13.2 Å². The van der Waals surface area contributed by atoms with Crippen LogP contribution in [-0.4, -0.2) is 17.4 Å². The highest BCUT2D eigenvalue weighted by atomic mass is 35.5. The van der Waals surface area contributed by atoms with Gasteiger partial charge in [0.1, 0.15) is 0 Å². The Balaban J connectivity index is 2.75. The van der Waals surface area contributed by atoms with Crippen molar-refractivity contribution >= 4 is 11.6 Å². The lowest BCUT2D eigenvalue weighted by Gasteiger charge is -2.14. The van der Waals surface area contributed by atoms with Gasteiger partial charge in [-0.3, -0.25) is 0 Å². The van der Waals surface area contributed by atoms with Gasteiger partial charge in [0.05, 0.1) is 0 Å². The molecule has 0 aromatic heterocycles. The van der Waals surface area contributed by atoms with Crippen LogP contribution < -0.4 is 0 Å². The molecular formula is C9H8ClF3O. The quantitative estimate of drug-likeness (QED) is 0.819. The largest absolute Gasteiger partial charge is 0.414 e. The van der Waals surface area contributed by atoms with Gasteiger partial charge in [-0.1, -0.05) is 29.8 Å². The van der Waals surface area contributed by atoms with Gasteiger partial charge in [0.25, 0.3) is 0 Å². The second-order valence-corrected chi connectivity index (χ2v) is 3.26. The van der Waals surface area contributed by atoms with E-state index in [0.29, 0.717) is 5.56 Å². The minimum atomic E-state index is -4.60. The van der Waals surface area contributed by atoms with Crippen molar-refractivity contribution in [3.8, 4) is 0 Å². The molecule has 1 aromatic rings. The van der Waals surface area contributed by atoms with Gasteiger partial charge in [0.15, 0.2) is 6.10 Å². The van der Waals surface area contributed by atoms with Gasteiger partial charge in [-0.15, -0.1) is 0 Å². The van der Waals surface area contributed by atoms with Gasteiger partial charge >= 0.3 is 6.18 Å². The Labute approximate surface area is 84.1 Å². The van der Waals surface area contributed by atoms with Crippen LogP contribution >= 0.6 is 11.6 Å². The molecular weight excluding hydrogens is 217 g/mol. The number of alkyl halides is 3. The second kappa shape index (κ2) is 4.19. The van der Waals surface area contributed by atoms with E-state index in [1.807, 2.05) is 0 Å². The number of aliphatic hydroxyl groups is 1. The number of aliphatic hydroxyl groups excluding tert-OH is 1. The maximum atomic E-state index is 12.0. The van der Waals surface area contributed by atoms with Gasteiger partial charge in [0, 0.05) is 11.4 Å². The van der Waals surface area contributed by atoms with Crippen LogP contribution in [0.25, 0.3) is 0 Å². The van der Waals surface area contributed by atoms with Gasteiger partial charge in [-0.2, -0.15) is 13.2 Å². The first kappa shape index (κ1) is 11.3. The fourth-order valence-electron chi connectivity index (χ4n) is 0.988. The average Bonchev–Trinajstić information content (AvgIpc) is 2.07. The van der Waals surface area contributed by atoms with E-state index in [-0.39, 0.29) is 5.02 Å². The van der Waals surface area contributed by atoms with E-state index in [0.717, 1.165) is 0 Å². The topological polar surface area (TPSA) is 20.2 Å². The molecule has 0 aliphatic rings. The zero-order valence-electron chi connectivity index (χ0n) is 7.05. The molecule has 0 aliphatic heterocycles. The zero-order chi connectivity index (χ0) is 10.8. The lowest BCUT2D eigenvalue weighted by atomic mass is 10.1. The molecule has 78 valence electrons. The molecule has 0 spiro atoms. The first-order valence-corrected chi connectivity index (χ1v) is 4.27. The summed E-state index contributed by atoms with van der Waals surface area (Å²) in [7, 11) is 0. The molecule has 0 unspecified atom stereocenters. The van der Waals surface area contributed by atoms with E-state index in [1.54, 1.807) is 12.1 Å². The number of benzene rings is 1. The molecule has 1 aromatic carbocycles. The molecule has 0 amide bonds. The van der Waals surface area contributed by atoms with E-state index >= 15 is 0 Å². The number of halogens is 4. The van der Waals surface area contributed by atoms with Gasteiger partial charge in [0.2, 0.25) is 0 Å². The SMILES string of the molecule is O[C@@H](Cc1ccccc1Cl)C(F)(F)F. The second-order valence-electron chi connectivity index (χ2n) is 2.85. The third-order valence-electron chi connectivity index (χ3n) is 1.75. The van der Waals surface area contributed by atoms with Crippen LogP contribution in [0.2, 0.25) is 5.02 Å². The Morgan fingerprint density at radius 1 is 1.29 bits per heavy atom. The first-order valence-electron chi connectivity index (χ1n) is 3.89.